The normalized spacial score (nSPS) is 17.6. The van der Waals surface area contributed by atoms with Gasteiger partial charge in [-0.05, 0) is 34.1 Å². The van der Waals surface area contributed by atoms with Gasteiger partial charge in [0.05, 0.1) is 12.2 Å². The molecule has 1 aromatic rings. The summed E-state index contributed by atoms with van der Waals surface area (Å²) in [7, 11) is 0. The van der Waals surface area contributed by atoms with Crippen LogP contribution in [-0.2, 0) is 19.1 Å². The van der Waals surface area contributed by atoms with Crippen LogP contribution in [0.25, 0.3) is 0 Å². The number of amides is 2. The number of likely N-dealkylation sites (tertiary alicyclic amines) is 1. The molecule has 0 bridgehead atoms. The van der Waals surface area contributed by atoms with Crippen LogP contribution in [0, 0.1) is 6.92 Å². The van der Waals surface area contributed by atoms with Gasteiger partial charge in [-0.3, -0.25) is 24.1 Å². The van der Waals surface area contributed by atoms with E-state index in [1.807, 2.05) is 11.8 Å². The third kappa shape index (κ3) is 7.76. The van der Waals surface area contributed by atoms with Gasteiger partial charge < -0.3 is 26.8 Å². The third-order valence-electron chi connectivity index (χ3n) is 4.92. The number of ketones is 1. The number of Topliss-reactive ketones (excluding diaryl/α,β-unsaturated/α-hetero) is 1. The number of nitrogens with one attached hydrogen (secondary N) is 2. The Labute approximate surface area is 202 Å². The summed E-state index contributed by atoms with van der Waals surface area (Å²) in [6, 6.07) is -1.30. The summed E-state index contributed by atoms with van der Waals surface area (Å²) in [5, 5.41) is 5.39. The van der Waals surface area contributed by atoms with E-state index in [0.717, 1.165) is 11.3 Å². The van der Waals surface area contributed by atoms with Crippen molar-refractivity contribution in [3.05, 3.63) is 10.6 Å². The van der Waals surface area contributed by atoms with Gasteiger partial charge in [0.2, 0.25) is 11.0 Å². The van der Waals surface area contributed by atoms with Crippen LogP contribution in [0.1, 0.15) is 55.9 Å². The number of thiazole rings is 1. The van der Waals surface area contributed by atoms with Crippen LogP contribution in [0.3, 0.4) is 0 Å². The molecule has 1 aromatic heterocycles. The molecule has 13 heteroatoms. The van der Waals surface area contributed by atoms with Crippen LogP contribution >= 0.6 is 11.3 Å². The zero-order valence-electron chi connectivity index (χ0n) is 20.1. The maximum Gasteiger partial charge on any atom is 0.323 e. The van der Waals surface area contributed by atoms with Crippen molar-refractivity contribution < 1.29 is 23.9 Å². The molecule has 1 saturated heterocycles. The first-order chi connectivity index (χ1) is 15.8. The average Bonchev–Trinajstić information content (AvgIpc) is 3.07. The van der Waals surface area contributed by atoms with Crippen LogP contribution in [0.15, 0.2) is 4.99 Å². The monoisotopic (exact) mass is 495 g/mol. The molecule has 188 valence electrons. The number of aryl methyl sites for hydroxylation is 1. The number of hydrogen-bond donors (Lipinski definition) is 4. The summed E-state index contributed by atoms with van der Waals surface area (Å²) in [5.41, 5.74) is 10.4. The van der Waals surface area contributed by atoms with Crippen molar-refractivity contribution in [1.82, 2.24) is 20.5 Å². The van der Waals surface area contributed by atoms with Crippen molar-refractivity contribution in [2.24, 2.45) is 16.5 Å². The van der Waals surface area contributed by atoms with Crippen molar-refractivity contribution >= 4 is 46.0 Å². The van der Waals surface area contributed by atoms with Crippen molar-refractivity contribution in [2.45, 2.75) is 65.1 Å². The fourth-order valence-electron chi connectivity index (χ4n) is 3.45. The first-order valence-corrected chi connectivity index (χ1v) is 11.8. The Morgan fingerprint density at radius 2 is 2.00 bits per heavy atom. The summed E-state index contributed by atoms with van der Waals surface area (Å²) < 4.78 is 5.50. The lowest BCUT2D eigenvalue weighted by Gasteiger charge is -2.37. The molecule has 12 nitrogen and oxygen atoms in total. The topological polar surface area (TPSA) is 182 Å². The minimum absolute atomic E-state index is 0.129. The van der Waals surface area contributed by atoms with Crippen LogP contribution in [0.5, 0.6) is 0 Å². The molecular formula is C21H33N7O5S. The Morgan fingerprint density at radius 1 is 1.32 bits per heavy atom. The molecule has 0 aliphatic carbocycles. The van der Waals surface area contributed by atoms with Gasteiger partial charge in [0.15, 0.2) is 11.7 Å². The molecule has 1 fully saturated rings. The molecule has 2 heterocycles. The number of piperidine rings is 1. The van der Waals surface area contributed by atoms with Crippen LogP contribution in [0.4, 0.5) is 5.13 Å². The molecule has 0 spiro atoms. The van der Waals surface area contributed by atoms with Crippen LogP contribution in [0.2, 0.25) is 0 Å². The van der Waals surface area contributed by atoms with Gasteiger partial charge in [-0.1, -0.05) is 18.3 Å². The number of esters is 1. The second kappa shape index (κ2) is 11.4. The van der Waals surface area contributed by atoms with E-state index >= 15 is 0 Å². The number of hydrogen-bond acceptors (Lipinski definition) is 9. The highest BCUT2D eigenvalue weighted by molar-refractivity contribution is 7.17. The molecule has 0 saturated carbocycles. The second-order valence-corrected chi connectivity index (χ2v) is 9.90. The van der Waals surface area contributed by atoms with E-state index in [-0.39, 0.29) is 47.2 Å². The Bertz CT molecular complexity index is 965. The smallest absolute Gasteiger partial charge is 0.323 e. The fraction of sp³-hybridized carbons (Fsp3) is 0.619. The van der Waals surface area contributed by atoms with E-state index in [4.69, 9.17) is 16.2 Å². The summed E-state index contributed by atoms with van der Waals surface area (Å²) in [6.07, 6.45) is 0.708. The Balaban J connectivity index is 1.95. The van der Waals surface area contributed by atoms with Gasteiger partial charge in [-0.25, -0.2) is 4.98 Å². The number of nitrogens with two attached hydrogens (primary N) is 2. The van der Waals surface area contributed by atoms with Crippen molar-refractivity contribution in [1.29, 1.82) is 0 Å². The first kappa shape index (κ1) is 27.2. The molecule has 1 aliphatic heterocycles. The van der Waals surface area contributed by atoms with Crippen molar-refractivity contribution in [3.63, 3.8) is 0 Å². The first-order valence-electron chi connectivity index (χ1n) is 10.9. The highest BCUT2D eigenvalue weighted by Gasteiger charge is 2.36. The van der Waals surface area contributed by atoms with Crippen molar-refractivity contribution in [2.75, 3.05) is 19.6 Å². The standard InChI is InChI=1S/C21H33N7O5S/c1-6-13(18(32)33-21(3,4)5)28-8-7-14(29)12(10-28)26-15(30)9-24-17(31)16-11(2)25-20(34-16)27-19(22)23/h12-13H,6-10H2,1-5H3,(H,24,31)(H,26,30)(H4,22,23,25,27)/t12?,13-/m0/s1. The van der Waals surface area contributed by atoms with E-state index in [1.165, 1.54) is 0 Å². The van der Waals surface area contributed by atoms with E-state index in [9.17, 15) is 19.2 Å². The summed E-state index contributed by atoms with van der Waals surface area (Å²) in [5.74, 6) is -1.69. The largest absolute Gasteiger partial charge is 0.459 e. The molecule has 34 heavy (non-hydrogen) atoms. The number of aliphatic imine (C=N–C) groups is 1. The van der Waals surface area contributed by atoms with E-state index in [0.29, 0.717) is 18.7 Å². The molecular weight excluding hydrogens is 462 g/mol. The summed E-state index contributed by atoms with van der Waals surface area (Å²) in [6.45, 7) is 9.14. The maximum atomic E-state index is 12.6. The average molecular weight is 496 g/mol. The fourth-order valence-corrected chi connectivity index (χ4v) is 4.32. The number of carbonyl (C=O) groups excluding carboxylic acids is 4. The highest BCUT2D eigenvalue weighted by Crippen LogP contribution is 2.24. The third-order valence-corrected chi connectivity index (χ3v) is 5.97. The summed E-state index contributed by atoms with van der Waals surface area (Å²) >= 11 is 0.989. The molecule has 6 N–H and O–H groups in total. The minimum Gasteiger partial charge on any atom is -0.459 e. The van der Waals surface area contributed by atoms with Crippen LogP contribution < -0.4 is 22.1 Å². The van der Waals surface area contributed by atoms with Gasteiger partial charge in [0.25, 0.3) is 5.91 Å². The Kier molecular flexibility index (Phi) is 9.10. The van der Waals surface area contributed by atoms with Gasteiger partial charge in [0.1, 0.15) is 22.6 Å². The van der Waals surface area contributed by atoms with E-state index < -0.39 is 29.5 Å². The quantitative estimate of drug-likeness (QED) is 0.218. The minimum atomic E-state index is -0.784. The predicted molar refractivity (Wildman–Crippen MR) is 128 cm³/mol. The zero-order valence-corrected chi connectivity index (χ0v) is 21.0. The van der Waals surface area contributed by atoms with Gasteiger partial charge >= 0.3 is 5.97 Å². The van der Waals surface area contributed by atoms with Crippen molar-refractivity contribution in [3.8, 4) is 0 Å². The lowest BCUT2D eigenvalue weighted by atomic mass is 10.0. The molecule has 2 amide bonds. The molecule has 1 aliphatic rings. The zero-order chi connectivity index (χ0) is 25.6. The second-order valence-electron chi connectivity index (χ2n) is 8.92. The van der Waals surface area contributed by atoms with Gasteiger partial charge in [-0.2, -0.15) is 4.99 Å². The number of aromatic nitrogens is 1. The lowest BCUT2D eigenvalue weighted by Crippen LogP contribution is -2.58. The number of guanidine groups is 1. The molecule has 2 rings (SSSR count). The Hall–Kier alpha value is -3.06. The molecule has 0 radical (unpaired) electrons. The number of nitrogens with zero attached hydrogens (tertiary/aromatic N) is 3. The highest BCUT2D eigenvalue weighted by atomic mass is 32.1. The maximum absolute atomic E-state index is 12.6. The Morgan fingerprint density at radius 3 is 2.59 bits per heavy atom. The van der Waals surface area contributed by atoms with Crippen LogP contribution in [-0.4, -0.2) is 76.7 Å². The number of rotatable bonds is 8. The molecule has 1 unspecified atom stereocenters. The van der Waals surface area contributed by atoms with E-state index in [1.54, 1.807) is 27.7 Å². The van der Waals surface area contributed by atoms with Gasteiger partial charge in [0, 0.05) is 19.5 Å². The lowest BCUT2D eigenvalue weighted by molar-refractivity contribution is -0.162. The molecule has 0 aromatic carbocycles. The SMILES string of the molecule is CC[C@@H](C(=O)OC(C)(C)C)N1CCC(=O)C(NC(=O)CNC(=O)c2sc(N=C(N)N)nc2C)C1. The number of carbonyl (C=O) groups is 4. The molecule has 2 atom stereocenters. The number of ether oxygens (including phenoxy) is 1. The van der Waals surface area contributed by atoms with E-state index in [2.05, 4.69) is 20.6 Å². The predicted octanol–water partition coefficient (Wildman–Crippen LogP) is -0.0339. The summed E-state index contributed by atoms with van der Waals surface area (Å²) in [4.78, 5) is 59.9. The van der Waals surface area contributed by atoms with Gasteiger partial charge in [-0.15, -0.1) is 0 Å².